The number of hydrogen-bond acceptors (Lipinski definition) is 10. The van der Waals surface area contributed by atoms with E-state index < -0.39 is 23.0 Å². The first kappa shape index (κ1) is 82.8. The minimum Gasteiger partial charge on any atom is -0.0622 e. The fourth-order valence-electron chi connectivity index (χ4n) is 8.84. The zero-order chi connectivity index (χ0) is 65.5. The summed E-state index contributed by atoms with van der Waals surface area (Å²) < 4.78 is 0. The van der Waals surface area contributed by atoms with Crippen molar-refractivity contribution < 1.29 is 45.4 Å². The van der Waals surface area contributed by atoms with Crippen LogP contribution in [-0.4, -0.2) is 116 Å². The summed E-state index contributed by atoms with van der Waals surface area (Å²) in [5, 5.41) is 26.5. The van der Waals surface area contributed by atoms with Gasteiger partial charge in [0.05, 0.1) is 18.5 Å². The predicted molar refractivity (Wildman–Crippen MR) is 387 cm³/mol. The summed E-state index contributed by atoms with van der Waals surface area (Å²) in [5.74, 6) is 0. The molecule has 0 saturated heterocycles. The average Bonchev–Trinajstić information content (AvgIpc) is 1.07. The van der Waals surface area contributed by atoms with Crippen LogP contribution in [0, 0.1) is 41.5 Å². The summed E-state index contributed by atoms with van der Waals surface area (Å²) in [6, 6.07) is 83.2. The average molecular weight is 1450 g/mol. The Hall–Kier alpha value is -5.29. The molecule has 0 unspecified atom stereocenters. The van der Waals surface area contributed by atoms with Crippen LogP contribution in [0.2, 0.25) is 10.3 Å². The quantitative estimate of drug-likeness (QED) is 0.0283. The van der Waals surface area contributed by atoms with Gasteiger partial charge in [0.25, 0.3) is 0 Å². The Morgan fingerprint density at radius 2 is 0.641 bits per heavy atom. The molecular weight excluding hydrogens is 1390 g/mol. The van der Waals surface area contributed by atoms with E-state index in [9.17, 15) is 0 Å². The number of nitrogens with zero attached hydrogens (tertiary/aromatic N) is 4. The van der Waals surface area contributed by atoms with Crippen molar-refractivity contribution in [2.24, 2.45) is 5.73 Å². The molecule has 21 heteroatoms. The number of primary amides is 1. The summed E-state index contributed by atoms with van der Waals surface area (Å²) >= 11 is 10.7. The molecule has 11 nitrogen and oxygen atoms in total. The molecule has 0 saturated carbocycles. The Morgan fingerprint density at radius 1 is 0.424 bits per heavy atom. The van der Waals surface area contributed by atoms with Crippen molar-refractivity contribution in [3.8, 4) is 22.5 Å². The van der Waals surface area contributed by atoms with Crippen LogP contribution in [0.15, 0.2) is 261 Å². The fourth-order valence-corrected chi connectivity index (χ4v) is 13.7. The first-order chi connectivity index (χ1) is 43.6. The van der Waals surface area contributed by atoms with Crippen molar-refractivity contribution in [2.75, 3.05) is 7.11 Å². The molecule has 0 bridgehead atoms. The van der Waals surface area contributed by atoms with Crippen LogP contribution >= 0.6 is 58.1 Å². The largest absolute Gasteiger partial charge is 0.0622 e. The van der Waals surface area contributed by atoms with Gasteiger partial charge in [-0.15, -0.1) is 0 Å². The molecular formula is C71H68BCl4N5Na2O6P2Pd-2. The molecule has 0 aliphatic rings. The van der Waals surface area contributed by atoms with Crippen LogP contribution in [0.4, 0.5) is 0 Å². The Labute approximate surface area is 615 Å². The normalized spacial score (nSPS) is 9.64. The van der Waals surface area contributed by atoms with Crippen molar-refractivity contribution in [1.82, 2.24) is 19.9 Å². The van der Waals surface area contributed by atoms with Gasteiger partial charge in [0.2, 0.25) is 0 Å². The molecule has 2 radical (unpaired) electrons. The van der Waals surface area contributed by atoms with Crippen LogP contribution in [0.5, 0.6) is 0 Å². The standard InChI is InChI=1S/C20H20N2.2C18H15P.C8H11BO2.C4H2Cl2N2.C2H3O3.CH2NO.2ClH.2Na.Pd/c1-13-7-14(2)10-17(9-13)19-20(22-6-5-21-19)18-11-15(3)8-16(4)12-18;2*1-4-10-16(11-5-1)19(17-12-6-2-7-13-17)18-14-8-3-9-15-18;1-6-3-7(2)5-8(4-6)9(10)11;5-3-4(6)8-2-1-7-3;1-4-5-2-3;2-1-3;;;;;/h5-12H,1-4H3;2*1-15H;3-5,10-11H,1-2H3;1-2H;1H3;(H2,2,3);2*1H;;;/q;;;;;2*-1;;;;;+2/p-2. The maximum Gasteiger partial charge on any atom is 0 e. The second-order valence-electron chi connectivity index (χ2n) is 19.1. The Balaban J connectivity index is 0.000000384. The summed E-state index contributed by atoms with van der Waals surface area (Å²) in [7, 11) is 8.61. The SMILES string of the molecule is COO[C-]=O.Cc1cc(C)cc(-c2nccnc2-c2cc(C)cc(C)c2)c1.Cc1cc(C)cc(B(O)O)c1.Clc1nccnc1Cl.N[C-]=O.[Cl][Pd][Cl].[Na].[Na].c1ccc(P(c2ccccc2)c2ccccc2)cc1.c1ccc(P(c2ccccc2)c2ccccc2)cc1. The van der Waals surface area contributed by atoms with Gasteiger partial charge in [-0.1, -0.05) is 269 Å². The van der Waals surface area contributed by atoms with E-state index >= 15 is 0 Å². The molecule has 0 spiro atoms. The van der Waals surface area contributed by atoms with Crippen molar-refractivity contribution in [2.45, 2.75) is 41.5 Å². The third kappa shape index (κ3) is 30.8. The number of nitrogens with two attached hydrogens (primary N) is 1. The first-order valence-corrected chi connectivity index (χ1v) is 34.9. The maximum atomic E-state index is 8.93. The van der Waals surface area contributed by atoms with E-state index in [-0.39, 0.29) is 85.4 Å². The molecule has 2 aromatic heterocycles. The third-order valence-electron chi connectivity index (χ3n) is 12.0. The molecule has 0 aliphatic carbocycles. The van der Waals surface area contributed by atoms with Crippen molar-refractivity contribution in [1.29, 1.82) is 0 Å². The summed E-state index contributed by atoms with van der Waals surface area (Å²) in [5.41, 5.74) is 15.8. The van der Waals surface area contributed by atoms with E-state index in [2.05, 4.69) is 282 Å². The van der Waals surface area contributed by atoms with E-state index in [0.717, 1.165) is 46.5 Å². The molecule has 11 aromatic rings. The molecule has 92 heavy (non-hydrogen) atoms. The number of hydrogen-bond donors (Lipinski definition) is 3. The number of carbonyl (C=O) groups excluding carboxylic acids is 2. The molecule has 1 amide bonds. The van der Waals surface area contributed by atoms with E-state index in [1.165, 1.54) is 73.6 Å². The van der Waals surface area contributed by atoms with Gasteiger partial charge in [0.1, 0.15) is 0 Å². The van der Waals surface area contributed by atoms with E-state index in [0.29, 0.717) is 5.46 Å². The molecule has 0 aliphatic heterocycles. The second-order valence-corrected chi connectivity index (χ2v) is 26.6. The topological polar surface area (TPSA) is 171 Å². The van der Waals surface area contributed by atoms with Gasteiger partial charge in [0.15, 0.2) is 10.3 Å². The minimum absolute atomic E-state index is 0. The molecule has 9 aromatic carbocycles. The van der Waals surface area contributed by atoms with Crippen molar-refractivity contribution in [3.63, 3.8) is 0 Å². The van der Waals surface area contributed by atoms with Gasteiger partial charge in [0, 0.05) is 95.0 Å². The van der Waals surface area contributed by atoms with Crippen LogP contribution < -0.4 is 43.0 Å². The van der Waals surface area contributed by atoms with Gasteiger partial charge in [-0.3, -0.25) is 9.97 Å². The van der Waals surface area contributed by atoms with E-state index in [4.69, 9.17) is 61.9 Å². The number of aryl methyl sites for hydroxylation is 6. The maximum absolute atomic E-state index is 8.93. The number of benzene rings is 9. The Bertz CT molecular complexity index is 3350. The molecule has 11 rings (SSSR count). The van der Waals surface area contributed by atoms with Crippen LogP contribution in [0.25, 0.3) is 22.5 Å². The number of aromatic nitrogens is 4. The van der Waals surface area contributed by atoms with E-state index in [1.807, 2.05) is 19.9 Å². The summed E-state index contributed by atoms with van der Waals surface area (Å²) in [6.45, 7) is 13.4. The van der Waals surface area contributed by atoms with Gasteiger partial charge in [-0.25, -0.2) is 14.9 Å². The molecule has 0 atom stereocenters. The Kier molecular flexibility index (Phi) is 43.6. The second kappa shape index (κ2) is 48.4. The van der Waals surface area contributed by atoms with Crippen LogP contribution in [-0.2, 0) is 35.3 Å². The van der Waals surface area contributed by atoms with Crippen molar-refractivity contribution >= 4 is 175 Å². The number of halogens is 4. The zero-order valence-corrected chi connectivity index (χ0v) is 62.9. The first-order valence-electron chi connectivity index (χ1n) is 27.5. The Morgan fingerprint density at radius 3 is 0.826 bits per heavy atom. The molecule has 4 N–H and O–H groups in total. The molecule has 468 valence electrons. The molecule has 2 heterocycles. The summed E-state index contributed by atoms with van der Waals surface area (Å²) in [4.78, 5) is 41.2. The molecule has 0 fully saturated rings. The smallest absolute Gasteiger partial charge is 0 e. The van der Waals surface area contributed by atoms with Crippen molar-refractivity contribution in [3.05, 3.63) is 305 Å². The zero-order valence-electron chi connectivity index (χ0n) is 52.5. The van der Waals surface area contributed by atoms with Gasteiger partial charge in [-0.05, 0) is 125 Å². The van der Waals surface area contributed by atoms with Gasteiger partial charge < -0.3 is 30.3 Å². The van der Waals surface area contributed by atoms with Crippen LogP contribution in [0.1, 0.15) is 33.4 Å². The number of rotatable bonds is 11. The number of amides is 1. The summed E-state index contributed by atoms with van der Waals surface area (Å²) in [6.07, 6.45) is 7.49. The predicted octanol–water partition coefficient (Wildman–Crippen LogP) is 13.0. The fraction of sp³-hybridized carbons (Fsp3) is 0.0986. The van der Waals surface area contributed by atoms with E-state index in [1.54, 1.807) is 24.5 Å². The monoisotopic (exact) mass is 1450 g/mol. The van der Waals surface area contributed by atoms with Gasteiger partial charge in [-0.2, -0.15) is 6.41 Å². The van der Waals surface area contributed by atoms with Gasteiger partial charge >= 0.3 is 42.1 Å². The third-order valence-corrected chi connectivity index (χ3v) is 17.6. The minimum atomic E-state index is -1.35. The van der Waals surface area contributed by atoms with Crippen LogP contribution in [0.3, 0.4) is 0 Å².